The van der Waals surface area contributed by atoms with Crippen molar-refractivity contribution >= 4 is 34.0 Å². The third-order valence-corrected chi connectivity index (χ3v) is 2.50. The summed E-state index contributed by atoms with van der Waals surface area (Å²) in [5.74, 6) is -0.481. The van der Waals surface area contributed by atoms with Gasteiger partial charge in [0.1, 0.15) is 0 Å². The zero-order chi connectivity index (χ0) is 13.0. The molecule has 0 unspecified atom stereocenters. The SMILES string of the molecule is Nc1n[nH]c(C(=O)N/N=C/c2ccc(Br)cc2)n1. The lowest BCUT2D eigenvalue weighted by atomic mass is 10.2. The summed E-state index contributed by atoms with van der Waals surface area (Å²) >= 11 is 3.32. The number of nitrogen functional groups attached to an aromatic ring is 1. The molecule has 0 aliphatic rings. The van der Waals surface area contributed by atoms with Gasteiger partial charge in [-0.15, -0.1) is 5.10 Å². The molecule has 2 aromatic rings. The number of nitrogens with one attached hydrogen (secondary N) is 2. The Morgan fingerprint density at radius 1 is 1.44 bits per heavy atom. The minimum Gasteiger partial charge on any atom is -0.366 e. The first kappa shape index (κ1) is 12.2. The number of aromatic nitrogens is 3. The molecule has 0 saturated heterocycles. The maximum atomic E-state index is 11.5. The molecule has 0 bridgehead atoms. The standard InChI is InChI=1S/C10H9BrN6O/c11-7-3-1-6(2-4-7)5-13-16-9(18)8-14-10(12)17-15-8/h1-5H,(H,16,18)(H3,12,14,15,17)/b13-5+. The molecule has 18 heavy (non-hydrogen) atoms. The van der Waals surface area contributed by atoms with Crippen LogP contribution in [0.5, 0.6) is 0 Å². The maximum Gasteiger partial charge on any atom is 0.308 e. The molecule has 1 amide bonds. The van der Waals surface area contributed by atoms with Crippen LogP contribution in [0.2, 0.25) is 0 Å². The third kappa shape index (κ3) is 3.14. The highest BCUT2D eigenvalue weighted by Gasteiger charge is 2.08. The van der Waals surface area contributed by atoms with E-state index in [0.717, 1.165) is 10.0 Å². The monoisotopic (exact) mass is 308 g/mol. The number of halogens is 1. The number of anilines is 1. The Morgan fingerprint density at radius 3 is 2.78 bits per heavy atom. The Morgan fingerprint density at radius 2 is 2.17 bits per heavy atom. The smallest absolute Gasteiger partial charge is 0.308 e. The lowest BCUT2D eigenvalue weighted by Crippen LogP contribution is -2.19. The highest BCUT2D eigenvalue weighted by atomic mass is 79.9. The summed E-state index contributed by atoms with van der Waals surface area (Å²) in [7, 11) is 0. The fraction of sp³-hybridized carbons (Fsp3) is 0. The quantitative estimate of drug-likeness (QED) is 0.578. The number of aromatic amines is 1. The maximum absolute atomic E-state index is 11.5. The van der Waals surface area contributed by atoms with Crippen LogP contribution in [-0.4, -0.2) is 27.3 Å². The third-order valence-electron chi connectivity index (χ3n) is 1.97. The molecular weight excluding hydrogens is 300 g/mol. The average molecular weight is 309 g/mol. The summed E-state index contributed by atoms with van der Waals surface area (Å²) in [4.78, 5) is 15.1. The molecule has 0 saturated carbocycles. The summed E-state index contributed by atoms with van der Waals surface area (Å²) in [5.41, 5.74) is 8.44. The largest absolute Gasteiger partial charge is 0.366 e. The Balaban J connectivity index is 1.95. The van der Waals surface area contributed by atoms with Gasteiger partial charge in [0.25, 0.3) is 0 Å². The van der Waals surface area contributed by atoms with Crippen molar-refractivity contribution < 1.29 is 4.79 Å². The van der Waals surface area contributed by atoms with Crippen LogP contribution in [0.15, 0.2) is 33.8 Å². The van der Waals surface area contributed by atoms with Gasteiger partial charge in [0.05, 0.1) is 6.21 Å². The highest BCUT2D eigenvalue weighted by Crippen LogP contribution is 2.08. The van der Waals surface area contributed by atoms with Crippen LogP contribution in [0, 0.1) is 0 Å². The number of nitrogens with two attached hydrogens (primary N) is 1. The summed E-state index contributed by atoms with van der Waals surface area (Å²) in [6.07, 6.45) is 1.52. The molecule has 0 fully saturated rings. The van der Waals surface area contributed by atoms with Crippen LogP contribution < -0.4 is 11.2 Å². The highest BCUT2D eigenvalue weighted by molar-refractivity contribution is 9.10. The van der Waals surface area contributed by atoms with Crippen molar-refractivity contribution in [2.45, 2.75) is 0 Å². The molecule has 0 radical (unpaired) electrons. The van der Waals surface area contributed by atoms with E-state index in [1.807, 2.05) is 24.3 Å². The van der Waals surface area contributed by atoms with Gasteiger partial charge in [0.15, 0.2) is 0 Å². The molecule has 0 atom stereocenters. The first-order chi connectivity index (χ1) is 8.65. The summed E-state index contributed by atoms with van der Waals surface area (Å²) < 4.78 is 0.973. The van der Waals surface area contributed by atoms with E-state index in [1.54, 1.807) is 0 Å². The van der Waals surface area contributed by atoms with Crippen molar-refractivity contribution in [1.29, 1.82) is 0 Å². The van der Waals surface area contributed by atoms with E-state index in [-0.39, 0.29) is 11.8 Å². The second kappa shape index (κ2) is 5.41. The molecule has 4 N–H and O–H groups in total. The van der Waals surface area contributed by atoms with Crippen LogP contribution in [-0.2, 0) is 0 Å². The van der Waals surface area contributed by atoms with Crippen LogP contribution in [0.1, 0.15) is 16.2 Å². The molecule has 1 heterocycles. The number of rotatable bonds is 3. The zero-order valence-electron chi connectivity index (χ0n) is 9.09. The summed E-state index contributed by atoms with van der Waals surface area (Å²) in [6, 6.07) is 7.46. The van der Waals surface area contributed by atoms with Gasteiger partial charge in [-0.2, -0.15) is 10.1 Å². The van der Waals surface area contributed by atoms with Crippen molar-refractivity contribution in [3.8, 4) is 0 Å². The first-order valence-electron chi connectivity index (χ1n) is 4.92. The number of H-pyrrole nitrogens is 1. The number of carbonyl (C=O) groups excluding carboxylic acids is 1. The van der Waals surface area contributed by atoms with Crippen molar-refractivity contribution in [3.05, 3.63) is 40.1 Å². The number of carbonyl (C=O) groups is 1. The van der Waals surface area contributed by atoms with E-state index in [9.17, 15) is 4.79 Å². The lowest BCUT2D eigenvalue weighted by molar-refractivity contribution is 0.0945. The molecule has 0 aliphatic carbocycles. The summed E-state index contributed by atoms with van der Waals surface area (Å²) in [6.45, 7) is 0. The Kier molecular flexibility index (Phi) is 3.68. The molecule has 7 nitrogen and oxygen atoms in total. The Labute approximate surface area is 111 Å². The number of hydrazone groups is 1. The number of benzene rings is 1. The predicted molar refractivity (Wildman–Crippen MR) is 70.0 cm³/mol. The van der Waals surface area contributed by atoms with E-state index in [2.05, 4.69) is 41.6 Å². The number of hydrogen-bond acceptors (Lipinski definition) is 5. The van der Waals surface area contributed by atoms with Gasteiger partial charge in [0.2, 0.25) is 11.8 Å². The molecule has 8 heteroatoms. The number of nitrogens with zero attached hydrogens (tertiary/aromatic N) is 3. The van der Waals surface area contributed by atoms with Gasteiger partial charge in [-0.1, -0.05) is 28.1 Å². The van der Waals surface area contributed by atoms with Crippen LogP contribution in [0.3, 0.4) is 0 Å². The van der Waals surface area contributed by atoms with Crippen LogP contribution in [0.4, 0.5) is 5.95 Å². The Hall–Kier alpha value is -2.22. The second-order valence-electron chi connectivity index (χ2n) is 3.29. The fourth-order valence-electron chi connectivity index (χ4n) is 1.14. The number of amides is 1. The zero-order valence-corrected chi connectivity index (χ0v) is 10.7. The van der Waals surface area contributed by atoms with Crippen molar-refractivity contribution in [3.63, 3.8) is 0 Å². The number of hydrogen-bond donors (Lipinski definition) is 3. The fourth-order valence-corrected chi connectivity index (χ4v) is 1.41. The van der Waals surface area contributed by atoms with E-state index in [4.69, 9.17) is 5.73 Å². The Bertz CT molecular complexity index is 576. The van der Waals surface area contributed by atoms with Crippen LogP contribution >= 0.6 is 15.9 Å². The first-order valence-corrected chi connectivity index (χ1v) is 5.71. The minimum absolute atomic E-state index is 0.0111. The van der Waals surface area contributed by atoms with E-state index in [0.29, 0.717) is 0 Å². The van der Waals surface area contributed by atoms with Gasteiger partial charge in [-0.3, -0.25) is 9.89 Å². The molecule has 0 aliphatic heterocycles. The topological polar surface area (TPSA) is 109 Å². The van der Waals surface area contributed by atoms with Gasteiger partial charge >= 0.3 is 5.91 Å². The van der Waals surface area contributed by atoms with Crippen LogP contribution in [0.25, 0.3) is 0 Å². The second-order valence-corrected chi connectivity index (χ2v) is 4.21. The molecular formula is C10H9BrN6O. The van der Waals surface area contributed by atoms with E-state index >= 15 is 0 Å². The molecule has 0 spiro atoms. The molecule has 1 aromatic carbocycles. The van der Waals surface area contributed by atoms with E-state index < -0.39 is 5.91 Å². The van der Waals surface area contributed by atoms with Crippen molar-refractivity contribution in [2.24, 2.45) is 5.10 Å². The normalized spacial score (nSPS) is 10.7. The predicted octanol–water partition coefficient (Wildman–Crippen LogP) is 0.913. The average Bonchev–Trinajstić information content (AvgIpc) is 2.78. The molecule has 1 aromatic heterocycles. The van der Waals surface area contributed by atoms with Gasteiger partial charge in [0, 0.05) is 4.47 Å². The van der Waals surface area contributed by atoms with Gasteiger partial charge in [-0.05, 0) is 17.7 Å². The van der Waals surface area contributed by atoms with Crippen molar-refractivity contribution in [1.82, 2.24) is 20.6 Å². The van der Waals surface area contributed by atoms with Gasteiger partial charge in [-0.25, -0.2) is 5.43 Å². The van der Waals surface area contributed by atoms with Gasteiger partial charge < -0.3 is 5.73 Å². The minimum atomic E-state index is -0.507. The van der Waals surface area contributed by atoms with E-state index in [1.165, 1.54) is 6.21 Å². The molecule has 2 rings (SSSR count). The van der Waals surface area contributed by atoms with Crippen molar-refractivity contribution in [2.75, 3.05) is 5.73 Å². The lowest BCUT2D eigenvalue weighted by Gasteiger charge is -1.95. The summed E-state index contributed by atoms with van der Waals surface area (Å²) in [5, 5.41) is 9.71. The molecule has 92 valence electrons.